The van der Waals surface area contributed by atoms with E-state index in [4.69, 9.17) is 0 Å². The fraction of sp³-hybridized carbons (Fsp3) is 0.417. The van der Waals surface area contributed by atoms with Crippen molar-refractivity contribution < 1.29 is 0 Å². The van der Waals surface area contributed by atoms with Crippen LogP contribution >= 0.6 is 0 Å². The average molecular weight is 659 g/mol. The highest BCUT2D eigenvalue weighted by Crippen LogP contribution is 2.50. The Labute approximate surface area is 299 Å². The van der Waals surface area contributed by atoms with Gasteiger partial charge in [-0.25, -0.2) is 0 Å². The highest BCUT2D eigenvalue weighted by atomic mass is 28.2. The van der Waals surface area contributed by atoms with Gasteiger partial charge in [-0.1, -0.05) is 138 Å². The van der Waals surface area contributed by atoms with E-state index in [0.29, 0.717) is 11.8 Å². The standard InChI is InChI=1S/C48H54Si/c1-29-23-41-39(25-33-11-9-13-37(33)45(41)31-15-19-35(20-16-31)47(3,4)5)43(29)27-49-28-44-30(2)24-42-40(44)26-34-12-10-14-38(34)46(42)32-17-21-36(22-18-32)48(6,7)8/h15-26,43-44H,9-14,27-28H2,1-8H3. The molecule has 250 valence electrons. The van der Waals surface area contributed by atoms with Gasteiger partial charge in [0, 0.05) is 21.4 Å². The predicted octanol–water partition coefficient (Wildman–Crippen LogP) is 12.8. The molecule has 4 aliphatic rings. The molecule has 0 saturated carbocycles. The first-order chi connectivity index (χ1) is 23.4. The molecule has 49 heavy (non-hydrogen) atoms. The maximum atomic E-state index is 2.63. The molecule has 0 nitrogen and oxygen atoms in total. The number of aryl methyl sites for hydroxylation is 2. The van der Waals surface area contributed by atoms with Crippen molar-refractivity contribution in [2.45, 2.75) is 129 Å². The zero-order chi connectivity index (χ0) is 34.2. The normalized spacial score (nSPS) is 19.4. The molecule has 0 aliphatic heterocycles. The van der Waals surface area contributed by atoms with Crippen molar-refractivity contribution >= 4 is 21.7 Å². The molecule has 0 saturated heterocycles. The van der Waals surface area contributed by atoms with Gasteiger partial charge in [-0.15, -0.1) is 0 Å². The summed E-state index contributed by atoms with van der Waals surface area (Å²) in [5.74, 6) is 1.10. The third-order valence-electron chi connectivity index (χ3n) is 12.3. The molecule has 4 aromatic carbocycles. The molecule has 0 fully saturated rings. The molecule has 8 rings (SSSR count). The van der Waals surface area contributed by atoms with E-state index >= 15 is 0 Å². The second kappa shape index (κ2) is 12.1. The maximum absolute atomic E-state index is 2.63. The topological polar surface area (TPSA) is 0 Å². The van der Waals surface area contributed by atoms with Crippen molar-refractivity contribution in [2.75, 3.05) is 0 Å². The first-order valence-electron chi connectivity index (χ1n) is 19.0. The molecular weight excluding hydrogens is 605 g/mol. The summed E-state index contributed by atoms with van der Waals surface area (Å²) in [5.41, 5.74) is 25.0. The fourth-order valence-corrected chi connectivity index (χ4v) is 11.3. The Morgan fingerprint density at radius 1 is 0.551 bits per heavy atom. The summed E-state index contributed by atoms with van der Waals surface area (Å²) in [7, 11) is 0.945. The van der Waals surface area contributed by atoms with Crippen molar-refractivity contribution in [1.29, 1.82) is 0 Å². The maximum Gasteiger partial charge on any atom is 0.0397 e. The van der Waals surface area contributed by atoms with Crippen LogP contribution in [0.2, 0.25) is 12.1 Å². The molecule has 1 heteroatoms. The minimum atomic E-state index is 0.175. The minimum absolute atomic E-state index is 0.175. The molecule has 0 bridgehead atoms. The van der Waals surface area contributed by atoms with Gasteiger partial charge < -0.3 is 0 Å². The second-order valence-electron chi connectivity index (χ2n) is 17.7. The van der Waals surface area contributed by atoms with Crippen molar-refractivity contribution in [1.82, 2.24) is 0 Å². The van der Waals surface area contributed by atoms with Gasteiger partial charge in [0.15, 0.2) is 0 Å². The molecule has 0 N–H and O–H groups in total. The molecule has 2 atom stereocenters. The van der Waals surface area contributed by atoms with E-state index in [2.05, 4.69) is 128 Å². The van der Waals surface area contributed by atoms with Gasteiger partial charge in [-0.3, -0.25) is 0 Å². The summed E-state index contributed by atoms with van der Waals surface area (Å²) < 4.78 is 0. The van der Waals surface area contributed by atoms with Gasteiger partial charge in [0.1, 0.15) is 0 Å². The van der Waals surface area contributed by atoms with E-state index in [1.807, 2.05) is 0 Å². The molecule has 4 aromatic rings. The van der Waals surface area contributed by atoms with Crippen LogP contribution in [0.3, 0.4) is 0 Å². The number of rotatable bonds is 6. The first-order valence-corrected chi connectivity index (χ1v) is 20.5. The molecule has 2 unspecified atom stereocenters. The molecule has 0 aromatic heterocycles. The zero-order valence-corrected chi connectivity index (χ0v) is 32.2. The van der Waals surface area contributed by atoms with Gasteiger partial charge in [-0.2, -0.15) is 0 Å². The lowest BCUT2D eigenvalue weighted by molar-refractivity contribution is 0.590. The van der Waals surface area contributed by atoms with E-state index in [1.54, 1.807) is 44.5 Å². The van der Waals surface area contributed by atoms with Gasteiger partial charge in [-0.05, 0) is 141 Å². The van der Waals surface area contributed by atoms with Crippen molar-refractivity contribution in [3.8, 4) is 22.3 Å². The summed E-state index contributed by atoms with van der Waals surface area (Å²) in [5, 5.41) is 0. The Bertz CT molecular complexity index is 1850. The van der Waals surface area contributed by atoms with E-state index in [9.17, 15) is 0 Å². The lowest BCUT2D eigenvalue weighted by Crippen LogP contribution is -2.10. The highest BCUT2D eigenvalue weighted by Gasteiger charge is 2.33. The predicted molar refractivity (Wildman–Crippen MR) is 213 cm³/mol. The zero-order valence-electron chi connectivity index (χ0n) is 31.2. The minimum Gasteiger partial charge on any atom is -0.0655 e. The van der Waals surface area contributed by atoms with Crippen molar-refractivity contribution in [2.24, 2.45) is 0 Å². The Morgan fingerprint density at radius 2 is 0.939 bits per heavy atom. The molecular formula is C48H54Si. The van der Waals surface area contributed by atoms with Gasteiger partial charge >= 0.3 is 0 Å². The third-order valence-corrected chi connectivity index (χ3v) is 13.7. The first kappa shape index (κ1) is 32.8. The van der Waals surface area contributed by atoms with Crippen molar-refractivity contribution in [3.05, 3.63) is 127 Å². The lowest BCUT2D eigenvalue weighted by atomic mass is 9.84. The summed E-state index contributed by atoms with van der Waals surface area (Å²) in [6.07, 6.45) is 12.6. The van der Waals surface area contributed by atoms with E-state index in [-0.39, 0.29) is 10.8 Å². The van der Waals surface area contributed by atoms with Crippen LogP contribution in [0.1, 0.15) is 136 Å². The summed E-state index contributed by atoms with van der Waals surface area (Å²) in [6.45, 7) is 18.7. The Balaban J connectivity index is 1.07. The SMILES string of the molecule is CC1=Cc2c(cc3c(c2-c2ccc(C(C)(C)C)cc2)CCC3)C1C[Si]CC1C(C)=Cc2c1cc1c(c2-c2ccc(C(C)(C)C)cc2)CCC1. The largest absolute Gasteiger partial charge is 0.0655 e. The molecule has 0 heterocycles. The van der Waals surface area contributed by atoms with Crippen LogP contribution in [0.25, 0.3) is 34.4 Å². The average Bonchev–Trinajstić information content (AvgIpc) is 3.84. The number of hydrogen-bond donors (Lipinski definition) is 0. The number of fused-ring (bicyclic) bond motifs is 4. The number of hydrogen-bond acceptors (Lipinski definition) is 0. The molecule has 2 radical (unpaired) electrons. The molecule has 4 aliphatic carbocycles. The smallest absolute Gasteiger partial charge is 0.0397 e. The molecule has 0 amide bonds. The van der Waals surface area contributed by atoms with Crippen LogP contribution in [0, 0.1) is 0 Å². The van der Waals surface area contributed by atoms with Crippen LogP contribution in [0.15, 0.2) is 71.8 Å². The molecule has 0 spiro atoms. The lowest BCUT2D eigenvalue weighted by Gasteiger charge is -2.22. The second-order valence-corrected chi connectivity index (χ2v) is 19.0. The number of allylic oxidation sites excluding steroid dienone is 2. The quantitative estimate of drug-likeness (QED) is 0.181. The highest BCUT2D eigenvalue weighted by molar-refractivity contribution is 6.36. The fourth-order valence-electron chi connectivity index (χ4n) is 9.45. The van der Waals surface area contributed by atoms with Crippen LogP contribution < -0.4 is 0 Å². The summed E-state index contributed by atoms with van der Waals surface area (Å²) >= 11 is 0. The van der Waals surface area contributed by atoms with E-state index < -0.39 is 0 Å². The Kier molecular flexibility index (Phi) is 8.10. The number of benzene rings is 4. The van der Waals surface area contributed by atoms with Crippen LogP contribution in [-0.4, -0.2) is 9.52 Å². The van der Waals surface area contributed by atoms with Crippen molar-refractivity contribution in [3.63, 3.8) is 0 Å². The van der Waals surface area contributed by atoms with Gasteiger partial charge in [0.25, 0.3) is 0 Å². The Morgan fingerprint density at radius 3 is 1.31 bits per heavy atom. The van der Waals surface area contributed by atoms with E-state index in [1.165, 1.54) is 95.1 Å². The Hall–Kier alpha value is -3.42. The van der Waals surface area contributed by atoms with Crippen LogP contribution in [0.5, 0.6) is 0 Å². The van der Waals surface area contributed by atoms with Crippen LogP contribution in [0.4, 0.5) is 0 Å². The monoisotopic (exact) mass is 658 g/mol. The van der Waals surface area contributed by atoms with Gasteiger partial charge in [0.2, 0.25) is 0 Å². The van der Waals surface area contributed by atoms with E-state index in [0.717, 1.165) is 9.52 Å². The van der Waals surface area contributed by atoms with Crippen LogP contribution in [-0.2, 0) is 36.5 Å². The van der Waals surface area contributed by atoms with Gasteiger partial charge in [0.05, 0.1) is 0 Å². The summed E-state index contributed by atoms with van der Waals surface area (Å²) in [6, 6.07) is 26.9. The third kappa shape index (κ3) is 5.75. The summed E-state index contributed by atoms with van der Waals surface area (Å²) in [4.78, 5) is 0.